The Morgan fingerprint density at radius 3 is 1.46 bits per heavy atom. The zero-order chi connectivity index (χ0) is 19.5. The van der Waals surface area contributed by atoms with Gasteiger partial charge in [0, 0.05) is 5.56 Å². The van der Waals surface area contributed by atoms with E-state index < -0.39 is 0 Å². The molecular formula is C23H24Cl2O. The van der Waals surface area contributed by atoms with Gasteiger partial charge in [-0.2, -0.15) is 0 Å². The Hall–Kier alpha value is -2.09. The highest BCUT2D eigenvalue weighted by molar-refractivity contribution is 6.42. The normalized spacial score (nSPS) is 9.31. The molecule has 0 radical (unpaired) electrons. The van der Waals surface area contributed by atoms with E-state index in [1.165, 1.54) is 11.1 Å². The lowest BCUT2D eigenvalue weighted by molar-refractivity contribution is 0.101. The van der Waals surface area contributed by atoms with Crippen LogP contribution in [0.5, 0.6) is 0 Å². The van der Waals surface area contributed by atoms with Crippen LogP contribution in [0.15, 0.2) is 72.8 Å². The smallest absolute Gasteiger partial charge is 0.159 e. The molecule has 0 unspecified atom stereocenters. The van der Waals surface area contributed by atoms with Crippen molar-refractivity contribution in [1.29, 1.82) is 0 Å². The molecule has 0 N–H and O–H groups in total. The average Bonchev–Trinajstić information content (AvgIpc) is 2.63. The first kappa shape index (κ1) is 22.0. The second-order valence-electron chi connectivity index (χ2n) is 5.99. The third kappa shape index (κ3) is 8.84. The van der Waals surface area contributed by atoms with Crippen LogP contribution in [0.4, 0.5) is 0 Å². The summed E-state index contributed by atoms with van der Waals surface area (Å²) < 4.78 is 0. The molecule has 0 amide bonds. The van der Waals surface area contributed by atoms with Crippen LogP contribution in [0.3, 0.4) is 0 Å². The minimum absolute atomic E-state index is 0.121. The fourth-order valence-corrected chi connectivity index (χ4v) is 2.26. The number of hydrogen-bond donors (Lipinski definition) is 0. The molecule has 0 fully saturated rings. The van der Waals surface area contributed by atoms with E-state index in [0.717, 1.165) is 11.1 Å². The fourth-order valence-electron chi connectivity index (χ4n) is 1.91. The summed E-state index contributed by atoms with van der Waals surface area (Å²) in [6.07, 6.45) is 0. The Kier molecular flexibility index (Phi) is 9.72. The van der Waals surface area contributed by atoms with Crippen LogP contribution < -0.4 is 0 Å². The quantitative estimate of drug-likeness (QED) is 0.395. The molecule has 3 aromatic rings. The van der Waals surface area contributed by atoms with Gasteiger partial charge in [0.25, 0.3) is 0 Å². The first-order valence-corrected chi connectivity index (χ1v) is 9.06. The van der Waals surface area contributed by atoms with Crippen LogP contribution in [0.25, 0.3) is 0 Å². The minimum Gasteiger partial charge on any atom is -0.295 e. The van der Waals surface area contributed by atoms with Crippen molar-refractivity contribution >= 4 is 29.0 Å². The molecule has 0 bridgehead atoms. The highest BCUT2D eigenvalue weighted by atomic mass is 35.5. The molecule has 3 heteroatoms. The van der Waals surface area contributed by atoms with Gasteiger partial charge in [-0.15, -0.1) is 0 Å². The zero-order valence-corrected chi connectivity index (χ0v) is 17.1. The van der Waals surface area contributed by atoms with Crippen LogP contribution in [-0.2, 0) is 0 Å². The molecule has 0 aliphatic heterocycles. The predicted octanol–water partition coefficient (Wildman–Crippen LogP) is 7.49. The monoisotopic (exact) mass is 386 g/mol. The molecule has 3 aromatic carbocycles. The van der Waals surface area contributed by atoms with Crippen LogP contribution in [0, 0.1) is 20.8 Å². The summed E-state index contributed by atoms with van der Waals surface area (Å²) in [5.41, 5.74) is 4.56. The lowest BCUT2D eigenvalue weighted by Gasteiger charge is -1.94. The van der Waals surface area contributed by atoms with E-state index in [4.69, 9.17) is 23.2 Å². The zero-order valence-electron chi connectivity index (χ0n) is 15.6. The third-order valence-corrected chi connectivity index (χ3v) is 4.21. The van der Waals surface area contributed by atoms with Gasteiger partial charge in [-0.1, -0.05) is 95.0 Å². The topological polar surface area (TPSA) is 17.1 Å². The number of aryl methyl sites for hydroxylation is 3. The molecule has 0 spiro atoms. The number of carbonyl (C=O) groups is 1. The Morgan fingerprint density at radius 2 is 1.12 bits per heavy atom. The largest absolute Gasteiger partial charge is 0.295 e. The molecule has 0 aliphatic carbocycles. The number of benzene rings is 3. The Balaban J connectivity index is 0.000000195. The van der Waals surface area contributed by atoms with E-state index in [1.807, 2.05) is 49.4 Å². The van der Waals surface area contributed by atoms with Crippen molar-refractivity contribution in [2.75, 3.05) is 0 Å². The van der Waals surface area contributed by atoms with Gasteiger partial charge >= 0.3 is 0 Å². The van der Waals surface area contributed by atoms with Crippen molar-refractivity contribution in [1.82, 2.24) is 0 Å². The van der Waals surface area contributed by atoms with E-state index in [0.29, 0.717) is 10.0 Å². The molecule has 26 heavy (non-hydrogen) atoms. The summed E-state index contributed by atoms with van der Waals surface area (Å²) in [4.78, 5) is 10.6. The van der Waals surface area contributed by atoms with Gasteiger partial charge in [0.1, 0.15) is 0 Å². The first-order valence-electron chi connectivity index (χ1n) is 8.30. The number of carbonyl (C=O) groups excluding carboxylic acids is 1. The number of hydrogen-bond acceptors (Lipinski definition) is 1. The van der Waals surface area contributed by atoms with Crippen molar-refractivity contribution < 1.29 is 4.79 Å². The van der Waals surface area contributed by atoms with Crippen molar-refractivity contribution in [3.8, 4) is 0 Å². The van der Waals surface area contributed by atoms with Gasteiger partial charge in [-0.3, -0.25) is 4.79 Å². The van der Waals surface area contributed by atoms with Crippen molar-refractivity contribution in [2.45, 2.75) is 27.7 Å². The van der Waals surface area contributed by atoms with E-state index in [9.17, 15) is 4.79 Å². The predicted molar refractivity (Wildman–Crippen MR) is 114 cm³/mol. The second kappa shape index (κ2) is 11.5. The van der Waals surface area contributed by atoms with Crippen molar-refractivity contribution in [2.24, 2.45) is 0 Å². The van der Waals surface area contributed by atoms with E-state index in [2.05, 4.69) is 38.1 Å². The Labute approximate surface area is 166 Å². The van der Waals surface area contributed by atoms with Crippen LogP contribution in [0.1, 0.15) is 34.0 Å². The first-order chi connectivity index (χ1) is 12.3. The molecular weight excluding hydrogens is 363 g/mol. The second-order valence-corrected chi connectivity index (χ2v) is 6.81. The maximum absolute atomic E-state index is 10.6. The highest BCUT2D eigenvalue weighted by Crippen LogP contribution is 2.21. The third-order valence-electron chi connectivity index (χ3n) is 3.47. The maximum Gasteiger partial charge on any atom is 0.159 e. The summed E-state index contributed by atoms with van der Waals surface area (Å²) in [5.74, 6) is 0.121. The van der Waals surface area contributed by atoms with Crippen LogP contribution in [-0.4, -0.2) is 5.78 Å². The molecule has 0 saturated carbocycles. The highest BCUT2D eigenvalue weighted by Gasteiger charge is 1.94. The Bertz CT molecular complexity index is 788. The van der Waals surface area contributed by atoms with Gasteiger partial charge in [0.2, 0.25) is 0 Å². The van der Waals surface area contributed by atoms with Crippen molar-refractivity contribution in [3.05, 3.63) is 105 Å². The average molecular weight is 387 g/mol. The van der Waals surface area contributed by atoms with E-state index in [-0.39, 0.29) is 5.78 Å². The van der Waals surface area contributed by atoms with E-state index >= 15 is 0 Å². The maximum atomic E-state index is 10.6. The van der Waals surface area contributed by atoms with Crippen LogP contribution in [0.2, 0.25) is 10.0 Å². The Morgan fingerprint density at radius 1 is 0.654 bits per heavy atom. The number of ketones is 1. The molecule has 0 saturated heterocycles. The van der Waals surface area contributed by atoms with Gasteiger partial charge in [0.05, 0.1) is 10.0 Å². The summed E-state index contributed by atoms with van der Waals surface area (Å²) in [6, 6.07) is 23.3. The molecule has 3 rings (SSSR count). The molecule has 136 valence electrons. The van der Waals surface area contributed by atoms with Crippen LogP contribution >= 0.6 is 23.2 Å². The SMILES string of the molecule is CC(=O)c1ccccc1.Cc1ccc(C)cc1.Cc1ccc(Cl)c(Cl)c1. The summed E-state index contributed by atoms with van der Waals surface area (Å²) >= 11 is 11.3. The molecule has 0 aliphatic rings. The number of rotatable bonds is 1. The molecule has 0 atom stereocenters. The number of Topliss-reactive ketones (excluding diaryl/α,β-unsaturated/α-hetero) is 1. The van der Waals surface area contributed by atoms with Gasteiger partial charge < -0.3 is 0 Å². The summed E-state index contributed by atoms with van der Waals surface area (Å²) in [5, 5.41) is 1.24. The molecule has 0 heterocycles. The minimum atomic E-state index is 0.121. The van der Waals surface area contributed by atoms with Crippen molar-refractivity contribution in [3.63, 3.8) is 0 Å². The summed E-state index contributed by atoms with van der Waals surface area (Å²) in [6.45, 7) is 7.73. The lowest BCUT2D eigenvalue weighted by Crippen LogP contribution is -1.88. The molecule has 1 nitrogen and oxygen atoms in total. The van der Waals surface area contributed by atoms with Gasteiger partial charge in [0.15, 0.2) is 5.78 Å². The lowest BCUT2D eigenvalue weighted by atomic mass is 10.2. The fraction of sp³-hybridized carbons (Fsp3) is 0.174. The number of halogens is 2. The standard InChI is InChI=1S/C8H8O.C8H10.C7H6Cl2/c1-7(9)8-5-3-2-4-6-8;1-7-3-5-8(2)6-4-7;1-5-2-3-6(8)7(9)4-5/h2-6H,1H3;3-6H,1-2H3;2-4H,1H3. The molecule has 0 aromatic heterocycles. The van der Waals surface area contributed by atoms with Gasteiger partial charge in [-0.25, -0.2) is 0 Å². The van der Waals surface area contributed by atoms with Gasteiger partial charge in [-0.05, 0) is 45.4 Å². The summed E-state index contributed by atoms with van der Waals surface area (Å²) in [7, 11) is 0. The van der Waals surface area contributed by atoms with E-state index in [1.54, 1.807) is 13.0 Å².